The largest absolute Gasteiger partial charge is 0.444 e. The first kappa shape index (κ1) is 24.9. The zero-order valence-electron chi connectivity index (χ0n) is 19.4. The van der Waals surface area contributed by atoms with E-state index in [0.717, 1.165) is 50.4 Å². The summed E-state index contributed by atoms with van der Waals surface area (Å²) in [6.45, 7) is 9.90. The van der Waals surface area contributed by atoms with Gasteiger partial charge in [-0.25, -0.2) is 14.2 Å². The summed E-state index contributed by atoms with van der Waals surface area (Å²) in [5.41, 5.74) is 0.171. The maximum Gasteiger partial charge on any atom is 0.410 e. The minimum absolute atomic E-state index is 0.00834. The highest BCUT2D eigenvalue weighted by Crippen LogP contribution is 2.24. The van der Waals surface area contributed by atoms with Gasteiger partial charge in [-0.2, -0.15) is 0 Å². The van der Waals surface area contributed by atoms with Crippen molar-refractivity contribution >= 4 is 17.7 Å². The predicted molar refractivity (Wildman–Crippen MR) is 118 cm³/mol. The molecule has 31 heavy (non-hydrogen) atoms. The van der Waals surface area contributed by atoms with Gasteiger partial charge in [0.2, 0.25) is 0 Å². The molecule has 174 valence electrons. The number of carbonyl (C=O) groups is 2. The van der Waals surface area contributed by atoms with Crippen LogP contribution >= 0.6 is 0 Å². The van der Waals surface area contributed by atoms with Crippen LogP contribution in [0.3, 0.4) is 0 Å². The third-order valence-electron chi connectivity index (χ3n) is 5.32. The lowest BCUT2D eigenvalue weighted by atomic mass is 9.92. The van der Waals surface area contributed by atoms with E-state index in [1.807, 2.05) is 20.8 Å². The van der Waals surface area contributed by atoms with E-state index in [-0.39, 0.29) is 11.7 Å². The molecule has 0 aromatic heterocycles. The second-order valence-corrected chi connectivity index (χ2v) is 8.86. The van der Waals surface area contributed by atoms with Crippen molar-refractivity contribution in [3.63, 3.8) is 0 Å². The predicted octanol–water partition coefficient (Wildman–Crippen LogP) is 4.69. The molecule has 0 bridgehead atoms. The van der Waals surface area contributed by atoms with E-state index in [1.165, 1.54) is 19.2 Å². The van der Waals surface area contributed by atoms with Crippen molar-refractivity contribution in [2.24, 2.45) is 5.92 Å². The number of ether oxygens (including phenoxy) is 1. The number of nitrogens with zero attached hydrogens (tertiary/aromatic N) is 2. The molecule has 8 heteroatoms. The summed E-state index contributed by atoms with van der Waals surface area (Å²) in [5, 5.41) is 4.33. The van der Waals surface area contributed by atoms with Crippen molar-refractivity contribution in [2.75, 3.05) is 38.6 Å². The lowest BCUT2D eigenvalue weighted by molar-refractivity contribution is -0.0917. The Kier molecular flexibility index (Phi) is 9.10. The fourth-order valence-electron chi connectivity index (χ4n) is 3.64. The van der Waals surface area contributed by atoms with Gasteiger partial charge >= 0.3 is 6.09 Å². The molecule has 1 aromatic rings. The fourth-order valence-corrected chi connectivity index (χ4v) is 3.64. The molecule has 1 fully saturated rings. The van der Waals surface area contributed by atoms with E-state index in [4.69, 9.17) is 9.57 Å². The van der Waals surface area contributed by atoms with E-state index in [1.54, 1.807) is 17.9 Å². The lowest BCUT2D eigenvalue weighted by Gasteiger charge is -2.33. The van der Waals surface area contributed by atoms with Crippen LogP contribution in [0.5, 0.6) is 0 Å². The quantitative estimate of drug-likeness (QED) is 0.472. The number of hydrogen-bond donors (Lipinski definition) is 1. The van der Waals surface area contributed by atoms with Crippen LogP contribution in [0.25, 0.3) is 0 Å². The van der Waals surface area contributed by atoms with Gasteiger partial charge in [-0.15, -0.1) is 0 Å². The Morgan fingerprint density at radius 2 is 1.94 bits per heavy atom. The molecule has 1 aliphatic heterocycles. The highest BCUT2D eigenvalue weighted by atomic mass is 19.1. The SMILES string of the molecule is CCN(OC)C(=O)c1ccc(NCCCC2CCN(C(=O)OC(C)(C)C)CC2)cc1F. The molecule has 1 N–H and O–H groups in total. The molecular weight excluding hydrogens is 401 g/mol. The lowest BCUT2D eigenvalue weighted by Crippen LogP contribution is -2.41. The zero-order valence-corrected chi connectivity index (χ0v) is 19.4. The number of carbonyl (C=O) groups excluding carboxylic acids is 2. The van der Waals surface area contributed by atoms with Gasteiger partial charge in [0, 0.05) is 31.9 Å². The molecule has 1 aliphatic rings. The van der Waals surface area contributed by atoms with Crippen molar-refractivity contribution in [3.8, 4) is 0 Å². The first-order valence-corrected chi connectivity index (χ1v) is 11.0. The molecule has 0 spiro atoms. The van der Waals surface area contributed by atoms with Crippen LogP contribution in [-0.4, -0.2) is 60.9 Å². The normalized spacial score (nSPS) is 15.0. The van der Waals surface area contributed by atoms with Gasteiger partial charge in [0.15, 0.2) is 0 Å². The third kappa shape index (κ3) is 7.69. The average molecular weight is 438 g/mol. The number of rotatable bonds is 8. The summed E-state index contributed by atoms with van der Waals surface area (Å²) in [6, 6.07) is 4.53. The molecule has 1 heterocycles. The van der Waals surface area contributed by atoms with E-state index < -0.39 is 17.3 Å². The zero-order chi connectivity index (χ0) is 23.0. The number of nitrogens with one attached hydrogen (secondary N) is 1. The standard InChI is InChI=1S/C23H36FN3O4/c1-6-27(30-5)21(28)19-10-9-18(16-20(19)24)25-13-7-8-17-11-14-26(15-12-17)22(29)31-23(2,3)4/h9-10,16-17,25H,6-8,11-15H2,1-5H3. The van der Waals surface area contributed by atoms with Gasteiger partial charge in [0.25, 0.3) is 5.91 Å². The summed E-state index contributed by atoms with van der Waals surface area (Å²) < 4.78 is 19.8. The van der Waals surface area contributed by atoms with Crippen LogP contribution in [0.15, 0.2) is 18.2 Å². The van der Waals surface area contributed by atoms with Crippen LogP contribution in [0.2, 0.25) is 0 Å². The minimum Gasteiger partial charge on any atom is -0.444 e. The Morgan fingerprint density at radius 3 is 2.48 bits per heavy atom. The number of amides is 2. The molecule has 0 aliphatic carbocycles. The Balaban J connectivity index is 1.72. The Hall–Kier alpha value is -2.35. The fraction of sp³-hybridized carbons (Fsp3) is 0.652. The van der Waals surface area contributed by atoms with Crippen molar-refractivity contribution in [2.45, 2.75) is 59.0 Å². The number of hydroxylamine groups is 2. The number of anilines is 1. The first-order chi connectivity index (χ1) is 14.6. The molecule has 1 aromatic carbocycles. The smallest absolute Gasteiger partial charge is 0.410 e. The Morgan fingerprint density at radius 1 is 1.26 bits per heavy atom. The topological polar surface area (TPSA) is 71.1 Å². The van der Waals surface area contributed by atoms with Gasteiger partial charge in [0.1, 0.15) is 11.4 Å². The summed E-state index contributed by atoms with van der Waals surface area (Å²) in [4.78, 5) is 31.1. The van der Waals surface area contributed by atoms with E-state index >= 15 is 0 Å². The van der Waals surface area contributed by atoms with Gasteiger partial charge in [-0.05, 0) is 77.5 Å². The number of likely N-dealkylation sites (tertiary alicyclic amines) is 1. The van der Waals surface area contributed by atoms with Gasteiger partial charge in [-0.3, -0.25) is 9.63 Å². The van der Waals surface area contributed by atoms with Crippen molar-refractivity contribution in [1.29, 1.82) is 0 Å². The molecule has 0 atom stereocenters. The van der Waals surface area contributed by atoms with Crippen LogP contribution in [0.4, 0.5) is 14.9 Å². The number of halogens is 1. The Labute approximate surface area is 184 Å². The van der Waals surface area contributed by atoms with E-state index in [0.29, 0.717) is 18.2 Å². The monoisotopic (exact) mass is 437 g/mol. The van der Waals surface area contributed by atoms with Crippen LogP contribution in [0, 0.1) is 11.7 Å². The molecule has 0 radical (unpaired) electrons. The maximum absolute atomic E-state index is 14.4. The first-order valence-electron chi connectivity index (χ1n) is 11.0. The molecule has 7 nitrogen and oxygen atoms in total. The van der Waals surface area contributed by atoms with E-state index in [2.05, 4.69) is 5.32 Å². The highest BCUT2D eigenvalue weighted by molar-refractivity contribution is 5.94. The van der Waals surface area contributed by atoms with Gasteiger partial charge in [-0.1, -0.05) is 0 Å². The summed E-state index contributed by atoms with van der Waals surface area (Å²) in [6.07, 6.45) is 3.71. The average Bonchev–Trinajstić information content (AvgIpc) is 2.71. The molecule has 2 rings (SSSR count). The van der Waals surface area contributed by atoms with Crippen LogP contribution < -0.4 is 5.32 Å². The summed E-state index contributed by atoms with van der Waals surface area (Å²) in [7, 11) is 1.39. The molecule has 0 saturated carbocycles. The minimum atomic E-state index is -0.569. The van der Waals surface area contributed by atoms with Gasteiger partial charge in [0.05, 0.1) is 12.7 Å². The van der Waals surface area contributed by atoms with Crippen molar-refractivity contribution in [1.82, 2.24) is 9.96 Å². The molecule has 2 amide bonds. The van der Waals surface area contributed by atoms with Crippen molar-refractivity contribution in [3.05, 3.63) is 29.6 Å². The maximum atomic E-state index is 14.4. The van der Waals surface area contributed by atoms with Crippen LogP contribution in [0.1, 0.15) is 63.7 Å². The molecular formula is C23H36FN3O4. The number of hydrogen-bond acceptors (Lipinski definition) is 5. The van der Waals surface area contributed by atoms with E-state index in [9.17, 15) is 14.0 Å². The number of benzene rings is 1. The van der Waals surface area contributed by atoms with Crippen molar-refractivity contribution < 1.29 is 23.6 Å². The second kappa shape index (κ2) is 11.3. The molecule has 1 saturated heterocycles. The Bertz CT molecular complexity index is 739. The molecule has 0 unspecified atom stereocenters. The third-order valence-corrected chi connectivity index (χ3v) is 5.32. The second-order valence-electron chi connectivity index (χ2n) is 8.86. The number of piperidine rings is 1. The van der Waals surface area contributed by atoms with Gasteiger partial charge < -0.3 is 15.0 Å². The summed E-state index contributed by atoms with van der Waals surface area (Å²) in [5.74, 6) is -0.488. The van der Waals surface area contributed by atoms with Crippen LogP contribution in [-0.2, 0) is 9.57 Å². The summed E-state index contributed by atoms with van der Waals surface area (Å²) >= 11 is 0. The highest BCUT2D eigenvalue weighted by Gasteiger charge is 2.26.